The summed E-state index contributed by atoms with van der Waals surface area (Å²) >= 11 is 5.89. The summed E-state index contributed by atoms with van der Waals surface area (Å²) in [5, 5.41) is 10.2. The van der Waals surface area contributed by atoms with E-state index in [-0.39, 0.29) is 12.6 Å². The fourth-order valence-corrected chi connectivity index (χ4v) is 3.01. The van der Waals surface area contributed by atoms with Gasteiger partial charge in [0.05, 0.1) is 19.3 Å². The molecule has 0 spiro atoms. The molecule has 2 aromatic rings. The first-order valence-corrected chi connectivity index (χ1v) is 7.60. The molecule has 3 rings (SSSR count). The zero-order valence-corrected chi connectivity index (χ0v) is 12.8. The SMILES string of the molecule is CC1CCN(Cc2ncc(-c3ccc(Cl)cc3)o2)C1CO. The third kappa shape index (κ3) is 3.12. The Morgan fingerprint density at radius 2 is 2.14 bits per heavy atom. The van der Waals surface area contributed by atoms with Crippen molar-refractivity contribution in [2.24, 2.45) is 5.92 Å². The van der Waals surface area contributed by atoms with Crippen molar-refractivity contribution >= 4 is 11.6 Å². The van der Waals surface area contributed by atoms with Gasteiger partial charge in [-0.15, -0.1) is 0 Å². The van der Waals surface area contributed by atoms with Crippen LogP contribution < -0.4 is 0 Å². The zero-order chi connectivity index (χ0) is 14.8. The Bertz CT molecular complexity index is 597. The zero-order valence-electron chi connectivity index (χ0n) is 12.0. The second kappa shape index (κ2) is 6.18. The number of likely N-dealkylation sites (tertiary alicyclic amines) is 1. The average molecular weight is 307 g/mol. The summed E-state index contributed by atoms with van der Waals surface area (Å²) in [4.78, 5) is 6.59. The van der Waals surface area contributed by atoms with Crippen LogP contribution in [0.15, 0.2) is 34.9 Å². The smallest absolute Gasteiger partial charge is 0.209 e. The summed E-state index contributed by atoms with van der Waals surface area (Å²) in [5.74, 6) is 1.95. The second-order valence-corrected chi connectivity index (χ2v) is 6.05. The van der Waals surface area contributed by atoms with Gasteiger partial charge in [0, 0.05) is 16.6 Å². The number of halogens is 1. The third-order valence-electron chi connectivity index (χ3n) is 4.21. The molecule has 4 nitrogen and oxygen atoms in total. The Kier molecular flexibility index (Phi) is 4.29. The first-order valence-electron chi connectivity index (χ1n) is 7.23. The van der Waals surface area contributed by atoms with Crippen LogP contribution in [-0.2, 0) is 6.54 Å². The van der Waals surface area contributed by atoms with Gasteiger partial charge in [-0.2, -0.15) is 0 Å². The number of aliphatic hydroxyl groups is 1. The minimum absolute atomic E-state index is 0.186. The van der Waals surface area contributed by atoms with Crippen LogP contribution in [0.1, 0.15) is 19.2 Å². The number of hydrogen-bond acceptors (Lipinski definition) is 4. The molecule has 0 bridgehead atoms. The van der Waals surface area contributed by atoms with E-state index < -0.39 is 0 Å². The third-order valence-corrected chi connectivity index (χ3v) is 4.46. The number of oxazole rings is 1. The molecule has 1 aliphatic rings. The van der Waals surface area contributed by atoms with Crippen molar-refractivity contribution in [1.82, 2.24) is 9.88 Å². The summed E-state index contributed by atoms with van der Waals surface area (Å²) < 4.78 is 5.82. The van der Waals surface area contributed by atoms with E-state index in [2.05, 4.69) is 16.8 Å². The molecule has 0 amide bonds. The second-order valence-electron chi connectivity index (χ2n) is 5.61. The van der Waals surface area contributed by atoms with E-state index in [4.69, 9.17) is 16.0 Å². The highest BCUT2D eigenvalue weighted by molar-refractivity contribution is 6.30. The van der Waals surface area contributed by atoms with Gasteiger partial charge >= 0.3 is 0 Å². The molecule has 1 aromatic carbocycles. The summed E-state index contributed by atoms with van der Waals surface area (Å²) in [6.07, 6.45) is 2.85. The van der Waals surface area contributed by atoms with Crippen LogP contribution in [-0.4, -0.2) is 34.2 Å². The molecular formula is C16H19ClN2O2. The maximum atomic E-state index is 9.49. The summed E-state index contributed by atoms with van der Waals surface area (Å²) in [6.45, 7) is 3.98. The highest BCUT2D eigenvalue weighted by Crippen LogP contribution is 2.27. The molecule has 1 N–H and O–H groups in total. The molecule has 1 saturated heterocycles. The maximum Gasteiger partial charge on any atom is 0.209 e. The van der Waals surface area contributed by atoms with Crippen molar-refractivity contribution in [1.29, 1.82) is 0 Å². The molecule has 2 heterocycles. The quantitative estimate of drug-likeness (QED) is 0.942. The van der Waals surface area contributed by atoms with Crippen LogP contribution in [0.4, 0.5) is 0 Å². The van der Waals surface area contributed by atoms with Crippen LogP contribution in [0.25, 0.3) is 11.3 Å². The lowest BCUT2D eigenvalue weighted by Crippen LogP contribution is -2.34. The predicted molar refractivity (Wildman–Crippen MR) is 82.0 cm³/mol. The van der Waals surface area contributed by atoms with E-state index in [1.165, 1.54) is 0 Å². The van der Waals surface area contributed by atoms with Crippen LogP contribution >= 0.6 is 11.6 Å². The lowest BCUT2D eigenvalue weighted by molar-refractivity contribution is 0.126. The fraction of sp³-hybridized carbons (Fsp3) is 0.438. The number of rotatable bonds is 4. The van der Waals surface area contributed by atoms with E-state index in [0.29, 0.717) is 23.4 Å². The van der Waals surface area contributed by atoms with Gasteiger partial charge in [-0.3, -0.25) is 4.90 Å². The predicted octanol–water partition coefficient (Wildman–Crippen LogP) is 3.20. The minimum atomic E-state index is 0.186. The normalized spacial score (nSPS) is 22.8. The highest BCUT2D eigenvalue weighted by atomic mass is 35.5. The molecule has 21 heavy (non-hydrogen) atoms. The standard InChI is InChI=1S/C16H19ClN2O2/c1-11-6-7-19(14(11)10-20)9-16-18-8-15(21-16)12-2-4-13(17)5-3-12/h2-5,8,11,14,20H,6-7,9-10H2,1H3. The van der Waals surface area contributed by atoms with Gasteiger partial charge in [-0.1, -0.05) is 18.5 Å². The van der Waals surface area contributed by atoms with Crippen molar-refractivity contribution in [2.75, 3.05) is 13.2 Å². The van der Waals surface area contributed by atoms with Crippen molar-refractivity contribution in [2.45, 2.75) is 25.9 Å². The summed E-state index contributed by atoms with van der Waals surface area (Å²) in [7, 11) is 0. The van der Waals surface area contributed by atoms with Gasteiger partial charge in [0.15, 0.2) is 5.76 Å². The van der Waals surface area contributed by atoms with E-state index >= 15 is 0 Å². The van der Waals surface area contributed by atoms with E-state index in [1.54, 1.807) is 6.20 Å². The van der Waals surface area contributed by atoms with Crippen LogP contribution in [0, 0.1) is 5.92 Å². The Balaban J connectivity index is 1.72. The first kappa shape index (κ1) is 14.6. The van der Waals surface area contributed by atoms with Crippen LogP contribution in [0.5, 0.6) is 0 Å². The van der Waals surface area contributed by atoms with Crippen molar-refractivity contribution < 1.29 is 9.52 Å². The van der Waals surface area contributed by atoms with Gasteiger partial charge in [-0.05, 0) is 43.1 Å². The number of aromatic nitrogens is 1. The monoisotopic (exact) mass is 306 g/mol. The minimum Gasteiger partial charge on any atom is -0.439 e. The Labute approximate surface area is 129 Å². The lowest BCUT2D eigenvalue weighted by atomic mass is 10.0. The largest absolute Gasteiger partial charge is 0.439 e. The van der Waals surface area contributed by atoms with Gasteiger partial charge in [0.2, 0.25) is 5.89 Å². The van der Waals surface area contributed by atoms with Gasteiger partial charge in [0.1, 0.15) is 0 Å². The van der Waals surface area contributed by atoms with Crippen LogP contribution in [0.3, 0.4) is 0 Å². The van der Waals surface area contributed by atoms with E-state index in [9.17, 15) is 5.11 Å². The number of nitrogens with zero attached hydrogens (tertiary/aromatic N) is 2. The van der Waals surface area contributed by atoms with Crippen LogP contribution in [0.2, 0.25) is 5.02 Å². The van der Waals surface area contributed by atoms with Crippen molar-refractivity contribution in [3.05, 3.63) is 41.4 Å². The Hall–Kier alpha value is -1.36. The Morgan fingerprint density at radius 1 is 1.38 bits per heavy atom. The topological polar surface area (TPSA) is 49.5 Å². The maximum absolute atomic E-state index is 9.49. The molecular weight excluding hydrogens is 288 g/mol. The molecule has 112 valence electrons. The number of hydrogen-bond donors (Lipinski definition) is 1. The molecule has 1 aromatic heterocycles. The lowest BCUT2D eigenvalue weighted by Gasteiger charge is -2.23. The molecule has 0 saturated carbocycles. The van der Waals surface area contributed by atoms with E-state index in [1.807, 2.05) is 24.3 Å². The van der Waals surface area contributed by atoms with Gasteiger partial charge in [-0.25, -0.2) is 4.98 Å². The number of benzene rings is 1. The molecule has 2 atom stereocenters. The van der Waals surface area contributed by atoms with Gasteiger partial charge in [0.25, 0.3) is 0 Å². The fourth-order valence-electron chi connectivity index (χ4n) is 2.88. The Morgan fingerprint density at radius 3 is 2.86 bits per heavy atom. The van der Waals surface area contributed by atoms with Gasteiger partial charge < -0.3 is 9.52 Å². The molecule has 1 aliphatic heterocycles. The van der Waals surface area contributed by atoms with Crippen molar-refractivity contribution in [3.8, 4) is 11.3 Å². The highest BCUT2D eigenvalue weighted by Gasteiger charge is 2.31. The molecule has 0 radical (unpaired) electrons. The van der Waals surface area contributed by atoms with Crippen molar-refractivity contribution in [3.63, 3.8) is 0 Å². The summed E-state index contributed by atoms with van der Waals surface area (Å²) in [5.41, 5.74) is 0.964. The molecule has 2 unspecified atom stereocenters. The summed E-state index contributed by atoms with van der Waals surface area (Å²) in [6, 6.07) is 7.71. The van der Waals surface area contributed by atoms with E-state index in [0.717, 1.165) is 24.3 Å². The first-order chi connectivity index (χ1) is 10.2. The molecule has 1 fully saturated rings. The molecule has 0 aliphatic carbocycles. The average Bonchev–Trinajstić information content (AvgIpc) is 3.07. The molecule has 5 heteroatoms. The number of aliphatic hydroxyl groups excluding tert-OH is 1.